The maximum absolute atomic E-state index is 10.8. The highest BCUT2D eigenvalue weighted by atomic mass is 16.5. The van der Waals surface area contributed by atoms with Crippen LogP contribution in [0.25, 0.3) is 0 Å². The van der Waals surface area contributed by atoms with Crippen molar-refractivity contribution in [2.24, 2.45) is 0 Å². The molecule has 2 rings (SSSR count). The SMILES string of the molecule is O=C(O)c1ccoc1COc1cccnc1. The van der Waals surface area contributed by atoms with Gasteiger partial charge in [-0.05, 0) is 18.2 Å². The van der Waals surface area contributed by atoms with Gasteiger partial charge in [0.1, 0.15) is 17.9 Å². The number of nitrogens with zero attached hydrogens (tertiary/aromatic N) is 1. The number of rotatable bonds is 4. The lowest BCUT2D eigenvalue weighted by Crippen LogP contribution is -2.02. The molecule has 0 aromatic carbocycles. The largest absolute Gasteiger partial charge is 0.484 e. The first-order valence-electron chi connectivity index (χ1n) is 4.60. The molecule has 5 heteroatoms. The van der Waals surface area contributed by atoms with Crippen LogP contribution in [0.4, 0.5) is 0 Å². The molecule has 5 nitrogen and oxygen atoms in total. The van der Waals surface area contributed by atoms with E-state index in [-0.39, 0.29) is 17.9 Å². The average Bonchev–Trinajstić information content (AvgIpc) is 2.76. The van der Waals surface area contributed by atoms with Gasteiger partial charge in [0.15, 0.2) is 5.76 Å². The van der Waals surface area contributed by atoms with Crippen molar-refractivity contribution in [3.05, 3.63) is 48.2 Å². The molecular formula is C11H9NO4. The molecule has 82 valence electrons. The predicted octanol–water partition coefficient (Wildman–Crippen LogP) is 1.95. The Kier molecular flexibility index (Phi) is 2.86. The maximum Gasteiger partial charge on any atom is 0.339 e. The zero-order chi connectivity index (χ0) is 11.4. The van der Waals surface area contributed by atoms with Crippen molar-refractivity contribution in [3.63, 3.8) is 0 Å². The third kappa shape index (κ3) is 2.20. The second kappa shape index (κ2) is 4.48. The summed E-state index contributed by atoms with van der Waals surface area (Å²) in [6.07, 6.45) is 4.50. The van der Waals surface area contributed by atoms with E-state index in [1.165, 1.54) is 12.3 Å². The summed E-state index contributed by atoms with van der Waals surface area (Å²) in [7, 11) is 0. The quantitative estimate of drug-likeness (QED) is 0.850. The number of hydrogen-bond donors (Lipinski definition) is 1. The summed E-state index contributed by atoms with van der Waals surface area (Å²) in [4.78, 5) is 14.6. The Labute approximate surface area is 91.3 Å². The fourth-order valence-electron chi connectivity index (χ4n) is 1.22. The molecule has 0 aliphatic carbocycles. The van der Waals surface area contributed by atoms with Gasteiger partial charge in [0.25, 0.3) is 0 Å². The second-order valence-electron chi connectivity index (χ2n) is 3.04. The smallest absolute Gasteiger partial charge is 0.339 e. The molecule has 0 spiro atoms. The Morgan fingerprint density at radius 2 is 2.38 bits per heavy atom. The summed E-state index contributed by atoms with van der Waals surface area (Å²) in [6.45, 7) is 0.0698. The van der Waals surface area contributed by atoms with Crippen LogP contribution in [0.1, 0.15) is 16.1 Å². The third-order valence-corrected chi connectivity index (χ3v) is 1.98. The highest BCUT2D eigenvalue weighted by Gasteiger charge is 2.13. The molecule has 0 amide bonds. The van der Waals surface area contributed by atoms with E-state index in [2.05, 4.69) is 4.98 Å². The van der Waals surface area contributed by atoms with Crippen LogP contribution in [-0.4, -0.2) is 16.1 Å². The molecule has 0 fully saturated rings. The first-order valence-corrected chi connectivity index (χ1v) is 4.60. The molecule has 0 bridgehead atoms. The van der Waals surface area contributed by atoms with Crippen molar-refractivity contribution in [1.82, 2.24) is 4.98 Å². The summed E-state index contributed by atoms with van der Waals surface area (Å²) in [5.74, 6) is -0.176. The minimum atomic E-state index is -1.03. The fourth-order valence-corrected chi connectivity index (χ4v) is 1.22. The van der Waals surface area contributed by atoms with Gasteiger partial charge < -0.3 is 14.3 Å². The molecule has 0 saturated heterocycles. The van der Waals surface area contributed by atoms with Gasteiger partial charge in [-0.15, -0.1) is 0 Å². The predicted molar refractivity (Wildman–Crippen MR) is 54.2 cm³/mol. The van der Waals surface area contributed by atoms with Crippen LogP contribution in [0.2, 0.25) is 0 Å². The van der Waals surface area contributed by atoms with Gasteiger partial charge in [-0.2, -0.15) is 0 Å². The van der Waals surface area contributed by atoms with E-state index in [0.29, 0.717) is 5.75 Å². The first kappa shape index (κ1) is 10.2. The summed E-state index contributed by atoms with van der Waals surface area (Å²) < 4.78 is 10.3. The molecule has 2 aromatic heterocycles. The molecule has 16 heavy (non-hydrogen) atoms. The van der Waals surface area contributed by atoms with Crippen LogP contribution in [0.15, 0.2) is 41.3 Å². The minimum Gasteiger partial charge on any atom is -0.484 e. The number of pyridine rings is 1. The topological polar surface area (TPSA) is 72.6 Å². The molecule has 0 atom stereocenters. The molecule has 0 unspecified atom stereocenters. The summed E-state index contributed by atoms with van der Waals surface area (Å²) in [6, 6.07) is 4.86. The third-order valence-electron chi connectivity index (χ3n) is 1.98. The van der Waals surface area contributed by atoms with Crippen LogP contribution in [0.3, 0.4) is 0 Å². The van der Waals surface area contributed by atoms with Gasteiger partial charge in [0.05, 0.1) is 12.5 Å². The van der Waals surface area contributed by atoms with Gasteiger partial charge in [0, 0.05) is 6.20 Å². The van der Waals surface area contributed by atoms with E-state index in [0.717, 1.165) is 0 Å². The standard InChI is InChI=1S/C11H9NO4/c13-11(14)9-3-5-15-10(9)7-16-8-2-1-4-12-6-8/h1-6H,7H2,(H,13,14). The number of ether oxygens (including phenoxy) is 1. The van der Waals surface area contributed by atoms with Crippen LogP contribution in [-0.2, 0) is 6.61 Å². The van der Waals surface area contributed by atoms with Crippen LogP contribution >= 0.6 is 0 Å². The van der Waals surface area contributed by atoms with Crippen molar-refractivity contribution < 1.29 is 19.1 Å². The Bertz CT molecular complexity index is 478. The zero-order valence-corrected chi connectivity index (χ0v) is 8.29. The average molecular weight is 219 g/mol. The lowest BCUT2D eigenvalue weighted by atomic mass is 10.2. The molecule has 2 heterocycles. The molecule has 0 radical (unpaired) electrons. The van der Waals surface area contributed by atoms with E-state index < -0.39 is 5.97 Å². The second-order valence-corrected chi connectivity index (χ2v) is 3.04. The molecule has 0 aliphatic rings. The number of furan rings is 1. The van der Waals surface area contributed by atoms with Crippen molar-refractivity contribution in [2.75, 3.05) is 0 Å². The molecule has 0 aliphatic heterocycles. The van der Waals surface area contributed by atoms with E-state index >= 15 is 0 Å². The number of hydrogen-bond acceptors (Lipinski definition) is 4. The highest BCUT2D eigenvalue weighted by molar-refractivity contribution is 5.88. The lowest BCUT2D eigenvalue weighted by molar-refractivity contribution is 0.0692. The van der Waals surface area contributed by atoms with Gasteiger partial charge in [-0.3, -0.25) is 4.98 Å². The fraction of sp³-hybridized carbons (Fsp3) is 0.0909. The minimum absolute atomic E-state index is 0.0698. The Hall–Kier alpha value is -2.30. The molecule has 1 N–H and O–H groups in total. The van der Waals surface area contributed by atoms with E-state index in [1.807, 2.05) is 0 Å². The molecule has 0 saturated carbocycles. The van der Waals surface area contributed by atoms with Crippen molar-refractivity contribution in [3.8, 4) is 5.75 Å². The Morgan fingerprint density at radius 1 is 1.50 bits per heavy atom. The van der Waals surface area contributed by atoms with Gasteiger partial charge >= 0.3 is 5.97 Å². The summed E-state index contributed by atoms with van der Waals surface area (Å²) >= 11 is 0. The zero-order valence-electron chi connectivity index (χ0n) is 8.29. The first-order chi connectivity index (χ1) is 7.77. The number of carboxylic acids is 1. The van der Waals surface area contributed by atoms with Crippen molar-refractivity contribution in [1.29, 1.82) is 0 Å². The maximum atomic E-state index is 10.8. The van der Waals surface area contributed by atoms with Gasteiger partial charge in [-0.25, -0.2) is 4.79 Å². The van der Waals surface area contributed by atoms with Crippen molar-refractivity contribution >= 4 is 5.97 Å². The number of aromatic nitrogens is 1. The lowest BCUT2D eigenvalue weighted by Gasteiger charge is -2.03. The number of carboxylic acid groups (broad SMARTS) is 1. The van der Waals surface area contributed by atoms with Crippen LogP contribution < -0.4 is 4.74 Å². The molecule has 2 aromatic rings. The van der Waals surface area contributed by atoms with Crippen molar-refractivity contribution in [2.45, 2.75) is 6.61 Å². The van der Waals surface area contributed by atoms with E-state index in [9.17, 15) is 4.79 Å². The Balaban J connectivity index is 2.05. The molecular weight excluding hydrogens is 210 g/mol. The summed E-state index contributed by atoms with van der Waals surface area (Å²) in [5.41, 5.74) is 0.115. The van der Waals surface area contributed by atoms with Gasteiger partial charge in [0.2, 0.25) is 0 Å². The Morgan fingerprint density at radius 3 is 3.06 bits per heavy atom. The van der Waals surface area contributed by atoms with Crippen LogP contribution in [0.5, 0.6) is 5.75 Å². The number of aromatic carboxylic acids is 1. The monoisotopic (exact) mass is 219 g/mol. The summed E-state index contributed by atoms with van der Waals surface area (Å²) in [5, 5.41) is 8.82. The number of carbonyl (C=O) groups is 1. The van der Waals surface area contributed by atoms with E-state index in [1.54, 1.807) is 24.5 Å². The highest BCUT2D eigenvalue weighted by Crippen LogP contribution is 2.14. The van der Waals surface area contributed by atoms with Gasteiger partial charge in [-0.1, -0.05) is 0 Å². The van der Waals surface area contributed by atoms with Crippen LogP contribution in [0, 0.1) is 0 Å². The van der Waals surface area contributed by atoms with E-state index in [4.69, 9.17) is 14.3 Å². The normalized spacial score (nSPS) is 10.0.